The van der Waals surface area contributed by atoms with Gasteiger partial charge in [-0.3, -0.25) is 0 Å². The molecular formula is C28H26BCl2NO. The Bertz CT molecular complexity index is 1170. The van der Waals surface area contributed by atoms with Gasteiger partial charge in [-0.15, -0.1) is 0 Å². The van der Waals surface area contributed by atoms with E-state index in [1.54, 1.807) is 0 Å². The molecule has 0 heterocycles. The first-order valence-corrected chi connectivity index (χ1v) is 11.7. The zero-order valence-electron chi connectivity index (χ0n) is 18.7. The maximum atomic E-state index is 6.87. The highest BCUT2D eigenvalue weighted by molar-refractivity contribution is 6.80. The molecule has 2 atom stereocenters. The van der Waals surface area contributed by atoms with Gasteiger partial charge in [-0.05, 0) is 59.2 Å². The molecule has 0 aromatic heterocycles. The van der Waals surface area contributed by atoms with Crippen LogP contribution in [0.3, 0.4) is 0 Å². The molecule has 0 radical (unpaired) electrons. The van der Waals surface area contributed by atoms with Crippen molar-refractivity contribution in [1.82, 2.24) is 0 Å². The SMILES string of the molecule is Cc1ccc(B(O[C@@H](c2ccccc2)[C@H](N)c2ccccc2)c2ccc(C)c(Cl)c2)cc1Cl. The molecule has 2 nitrogen and oxygen atoms in total. The Morgan fingerprint density at radius 3 is 1.58 bits per heavy atom. The Morgan fingerprint density at radius 2 is 1.12 bits per heavy atom. The van der Waals surface area contributed by atoms with Gasteiger partial charge in [-0.25, -0.2) is 0 Å². The first-order valence-electron chi connectivity index (χ1n) is 11.0. The van der Waals surface area contributed by atoms with Crippen molar-refractivity contribution < 1.29 is 4.65 Å². The molecule has 0 fully saturated rings. The number of halogens is 2. The zero-order chi connectivity index (χ0) is 23.4. The lowest BCUT2D eigenvalue weighted by Crippen LogP contribution is -2.47. The summed E-state index contributed by atoms with van der Waals surface area (Å²) in [6.45, 7) is 3.58. The third-order valence-electron chi connectivity index (χ3n) is 5.92. The van der Waals surface area contributed by atoms with Gasteiger partial charge in [0.1, 0.15) is 0 Å². The maximum absolute atomic E-state index is 6.87. The lowest BCUT2D eigenvalue weighted by atomic mass is 9.55. The molecule has 0 aliphatic heterocycles. The normalized spacial score (nSPS) is 12.9. The van der Waals surface area contributed by atoms with Crippen molar-refractivity contribution in [2.24, 2.45) is 5.73 Å². The van der Waals surface area contributed by atoms with Gasteiger partial charge in [0, 0.05) is 10.0 Å². The van der Waals surface area contributed by atoms with E-state index in [9.17, 15) is 0 Å². The molecule has 5 heteroatoms. The Labute approximate surface area is 206 Å². The van der Waals surface area contributed by atoms with Gasteiger partial charge in [0.05, 0.1) is 12.1 Å². The average molecular weight is 474 g/mol. The molecule has 0 saturated carbocycles. The molecule has 33 heavy (non-hydrogen) atoms. The van der Waals surface area contributed by atoms with Crippen LogP contribution in [-0.2, 0) is 4.65 Å². The van der Waals surface area contributed by atoms with E-state index < -0.39 is 13.0 Å². The van der Waals surface area contributed by atoms with Crippen molar-refractivity contribution in [3.8, 4) is 0 Å². The van der Waals surface area contributed by atoms with Crippen LogP contribution in [0.1, 0.15) is 34.4 Å². The molecule has 0 spiro atoms. The molecule has 2 N–H and O–H groups in total. The monoisotopic (exact) mass is 473 g/mol. The standard InChI is InChI=1S/C28H26BCl2NO/c1-19-13-15-23(17-25(19)30)29(24-16-14-20(2)26(31)18-24)33-28(22-11-7-4-8-12-22)27(32)21-9-5-3-6-10-21/h3-18,27-28H,32H2,1-2H3/t27-,28+/m1/s1. The smallest absolute Gasteiger partial charge is 0.362 e. The van der Waals surface area contributed by atoms with Crippen molar-refractivity contribution in [3.63, 3.8) is 0 Å². The van der Waals surface area contributed by atoms with Crippen molar-refractivity contribution in [1.29, 1.82) is 0 Å². The van der Waals surface area contributed by atoms with Gasteiger partial charge in [-0.1, -0.05) is 108 Å². The Balaban J connectivity index is 1.81. The van der Waals surface area contributed by atoms with Crippen LogP contribution in [0.25, 0.3) is 0 Å². The summed E-state index contributed by atoms with van der Waals surface area (Å²) in [5.41, 5.74) is 12.8. The van der Waals surface area contributed by atoms with Crippen LogP contribution in [0.5, 0.6) is 0 Å². The van der Waals surface area contributed by atoms with Crippen LogP contribution in [-0.4, -0.2) is 6.92 Å². The van der Waals surface area contributed by atoms with Crippen molar-refractivity contribution in [2.45, 2.75) is 26.0 Å². The van der Waals surface area contributed by atoms with Gasteiger partial charge >= 0.3 is 6.92 Å². The minimum Gasteiger partial charge on any atom is -0.418 e. The fraction of sp³-hybridized carbons (Fsp3) is 0.143. The summed E-state index contributed by atoms with van der Waals surface area (Å²) in [6.07, 6.45) is -0.390. The van der Waals surface area contributed by atoms with E-state index in [1.165, 1.54) is 0 Å². The Hall–Kier alpha value is -2.56. The molecule has 0 unspecified atom stereocenters. The number of rotatable bonds is 7. The second-order valence-corrected chi connectivity index (χ2v) is 9.12. The quantitative estimate of drug-likeness (QED) is 0.325. The highest BCUT2D eigenvalue weighted by Crippen LogP contribution is 2.31. The van der Waals surface area contributed by atoms with Crippen LogP contribution in [0, 0.1) is 13.8 Å². The molecule has 4 rings (SSSR count). The lowest BCUT2D eigenvalue weighted by Gasteiger charge is -2.29. The van der Waals surface area contributed by atoms with E-state index in [4.69, 9.17) is 33.6 Å². The number of aryl methyl sites for hydroxylation is 2. The van der Waals surface area contributed by atoms with Crippen molar-refractivity contribution >= 4 is 41.0 Å². The summed E-state index contributed by atoms with van der Waals surface area (Å²) in [6, 6.07) is 31.8. The largest absolute Gasteiger partial charge is 0.418 e. The number of nitrogens with two attached hydrogens (primary N) is 1. The highest BCUT2D eigenvalue weighted by atomic mass is 35.5. The first-order chi connectivity index (χ1) is 15.9. The number of hydrogen-bond acceptors (Lipinski definition) is 2. The number of benzene rings is 4. The van der Waals surface area contributed by atoms with E-state index >= 15 is 0 Å². The van der Waals surface area contributed by atoms with E-state index in [2.05, 4.69) is 24.3 Å². The summed E-state index contributed by atoms with van der Waals surface area (Å²) in [5, 5.41) is 1.39. The van der Waals surface area contributed by atoms with Crippen LogP contribution in [0.2, 0.25) is 10.0 Å². The summed E-state index contributed by atoms with van der Waals surface area (Å²) in [5.74, 6) is 0. The highest BCUT2D eigenvalue weighted by Gasteiger charge is 2.31. The van der Waals surface area contributed by atoms with Gasteiger partial charge < -0.3 is 10.4 Å². The van der Waals surface area contributed by atoms with E-state index in [-0.39, 0.29) is 6.04 Å². The Morgan fingerprint density at radius 1 is 0.667 bits per heavy atom. The molecule has 166 valence electrons. The van der Waals surface area contributed by atoms with Crippen molar-refractivity contribution in [3.05, 3.63) is 129 Å². The van der Waals surface area contributed by atoms with Gasteiger partial charge in [0.25, 0.3) is 0 Å². The van der Waals surface area contributed by atoms with Crippen LogP contribution < -0.4 is 16.7 Å². The van der Waals surface area contributed by atoms with E-state index in [1.807, 2.05) is 86.6 Å². The van der Waals surface area contributed by atoms with Gasteiger partial charge in [-0.2, -0.15) is 0 Å². The summed E-state index contributed by atoms with van der Waals surface area (Å²) >= 11 is 13.0. The fourth-order valence-electron chi connectivity index (χ4n) is 3.90. The molecular weight excluding hydrogens is 448 g/mol. The van der Waals surface area contributed by atoms with Crippen LogP contribution in [0.15, 0.2) is 97.1 Å². The molecule has 0 amide bonds. The molecule has 0 saturated heterocycles. The summed E-state index contributed by atoms with van der Waals surface area (Å²) < 4.78 is 6.87. The Kier molecular flexibility index (Phi) is 7.57. The van der Waals surface area contributed by atoms with Crippen LogP contribution >= 0.6 is 23.2 Å². The van der Waals surface area contributed by atoms with Gasteiger partial charge in [0.15, 0.2) is 0 Å². The topological polar surface area (TPSA) is 35.2 Å². The molecule has 0 bridgehead atoms. The predicted octanol–water partition coefficient (Wildman–Crippen LogP) is 6.17. The zero-order valence-corrected chi connectivity index (χ0v) is 20.2. The molecule has 0 aliphatic rings. The minimum atomic E-state index is -0.402. The summed E-state index contributed by atoms with van der Waals surface area (Å²) in [7, 11) is 0. The number of hydrogen-bond donors (Lipinski definition) is 1. The fourth-order valence-corrected chi connectivity index (χ4v) is 4.28. The van der Waals surface area contributed by atoms with Gasteiger partial charge in [0.2, 0.25) is 0 Å². The minimum absolute atomic E-state index is 0.363. The third-order valence-corrected chi connectivity index (χ3v) is 6.73. The average Bonchev–Trinajstić information content (AvgIpc) is 2.84. The lowest BCUT2D eigenvalue weighted by molar-refractivity contribution is 0.181. The molecule has 4 aromatic rings. The summed E-state index contributed by atoms with van der Waals surface area (Å²) in [4.78, 5) is 0. The van der Waals surface area contributed by atoms with Crippen molar-refractivity contribution in [2.75, 3.05) is 0 Å². The second kappa shape index (κ2) is 10.6. The molecule has 4 aromatic carbocycles. The van der Waals surface area contributed by atoms with Crippen LogP contribution in [0.4, 0.5) is 0 Å². The van der Waals surface area contributed by atoms with E-state index in [0.717, 1.165) is 33.2 Å². The predicted molar refractivity (Wildman–Crippen MR) is 141 cm³/mol. The van der Waals surface area contributed by atoms with E-state index in [0.29, 0.717) is 10.0 Å². The molecule has 0 aliphatic carbocycles. The first kappa shape index (κ1) is 23.6. The maximum Gasteiger partial charge on any atom is 0.362 e. The second-order valence-electron chi connectivity index (χ2n) is 8.30. The third kappa shape index (κ3) is 5.51.